The molecule has 6 heteroatoms. The number of benzene rings is 1. The summed E-state index contributed by atoms with van der Waals surface area (Å²) in [7, 11) is 0. The Morgan fingerprint density at radius 3 is 3.00 bits per heavy atom. The number of hydrogen-bond acceptors (Lipinski definition) is 5. The summed E-state index contributed by atoms with van der Waals surface area (Å²) in [6, 6.07) is 3.50. The Kier molecular flexibility index (Phi) is 2.88. The molecule has 2 heterocycles. The van der Waals surface area contributed by atoms with Crippen LogP contribution in [0, 0.1) is 6.92 Å². The summed E-state index contributed by atoms with van der Waals surface area (Å²) in [6.07, 6.45) is -0.473. The van der Waals surface area contributed by atoms with Crippen LogP contribution in [-0.4, -0.2) is 24.4 Å². The average Bonchev–Trinajstić information content (AvgIpc) is 2.44. The van der Waals surface area contributed by atoms with Gasteiger partial charge in [-0.15, -0.1) is 0 Å². The van der Waals surface area contributed by atoms with E-state index in [1.807, 2.05) is 0 Å². The van der Waals surface area contributed by atoms with E-state index in [0.717, 1.165) is 0 Å². The second kappa shape index (κ2) is 4.43. The summed E-state index contributed by atoms with van der Waals surface area (Å²) in [6.45, 7) is 1.82. The highest BCUT2D eigenvalue weighted by Crippen LogP contribution is 2.40. The molecular weight excluding hydrogens is 272 g/mol. The number of aryl methyl sites for hydroxylation is 1. The summed E-state index contributed by atoms with van der Waals surface area (Å²) in [5.41, 5.74) is 0.308. The van der Waals surface area contributed by atoms with Gasteiger partial charge < -0.3 is 19.0 Å². The maximum Gasteiger partial charge on any atom is 0.355 e. The van der Waals surface area contributed by atoms with Gasteiger partial charge in [0.2, 0.25) is 5.75 Å². The monoisotopic (exact) mass is 282 g/mol. The Bertz CT molecular complexity index is 706. The van der Waals surface area contributed by atoms with E-state index in [4.69, 9.17) is 30.6 Å². The molecule has 3 rings (SSSR count). The molecule has 0 saturated heterocycles. The van der Waals surface area contributed by atoms with Gasteiger partial charge in [-0.05, 0) is 24.6 Å². The predicted molar refractivity (Wildman–Crippen MR) is 69.2 cm³/mol. The molecule has 19 heavy (non-hydrogen) atoms. The molecule has 0 unspecified atom stereocenters. The summed E-state index contributed by atoms with van der Waals surface area (Å²) in [5.74, 6) is 0.821. The molecule has 0 radical (unpaired) electrons. The molecule has 2 aromatic rings. The van der Waals surface area contributed by atoms with Crippen LogP contribution >= 0.6 is 11.6 Å². The summed E-state index contributed by atoms with van der Waals surface area (Å²) in [5, 5.41) is 9.87. The van der Waals surface area contributed by atoms with Gasteiger partial charge in [0.05, 0.1) is 6.61 Å². The maximum absolute atomic E-state index is 11.6. The Morgan fingerprint density at radius 2 is 2.26 bits per heavy atom. The number of aliphatic hydroxyl groups is 1. The van der Waals surface area contributed by atoms with E-state index in [2.05, 4.69) is 0 Å². The zero-order valence-corrected chi connectivity index (χ0v) is 10.9. The van der Waals surface area contributed by atoms with Crippen molar-refractivity contribution in [2.24, 2.45) is 0 Å². The standard InChI is InChI=1S/C13H11ClO5/c1-6-8-2-3-9-12(18-7(4-15)5-17-9)11(8)19-13(16)10(6)14/h2-3,7,15H,4-5H2,1H3/t7-/m0/s1. The quantitative estimate of drug-likeness (QED) is 0.809. The van der Waals surface area contributed by atoms with E-state index < -0.39 is 11.7 Å². The SMILES string of the molecule is Cc1c(Cl)c(=O)oc2c3c(ccc12)OC[C@H](CO)O3. The van der Waals surface area contributed by atoms with Crippen LogP contribution in [0.4, 0.5) is 0 Å². The third-order valence-electron chi connectivity index (χ3n) is 3.10. The van der Waals surface area contributed by atoms with Gasteiger partial charge >= 0.3 is 5.63 Å². The highest BCUT2D eigenvalue weighted by molar-refractivity contribution is 6.31. The molecule has 0 spiro atoms. The van der Waals surface area contributed by atoms with Gasteiger partial charge in [-0.1, -0.05) is 11.6 Å². The van der Waals surface area contributed by atoms with Crippen LogP contribution < -0.4 is 15.1 Å². The average molecular weight is 283 g/mol. The van der Waals surface area contributed by atoms with Crippen LogP contribution in [0.1, 0.15) is 5.56 Å². The molecule has 5 nitrogen and oxygen atoms in total. The fourth-order valence-corrected chi connectivity index (χ4v) is 2.19. The Balaban J connectivity index is 2.30. The lowest BCUT2D eigenvalue weighted by Gasteiger charge is -2.25. The number of ether oxygens (including phenoxy) is 2. The van der Waals surface area contributed by atoms with Crippen molar-refractivity contribution in [3.8, 4) is 11.5 Å². The smallest absolute Gasteiger partial charge is 0.355 e. The van der Waals surface area contributed by atoms with Gasteiger partial charge in [-0.3, -0.25) is 0 Å². The van der Waals surface area contributed by atoms with Crippen molar-refractivity contribution in [3.63, 3.8) is 0 Å². The Labute approximate surface area is 113 Å². The summed E-state index contributed by atoms with van der Waals surface area (Å²) >= 11 is 5.88. The lowest BCUT2D eigenvalue weighted by molar-refractivity contribution is 0.0461. The van der Waals surface area contributed by atoms with Gasteiger partial charge in [0, 0.05) is 5.39 Å². The van der Waals surface area contributed by atoms with Gasteiger partial charge in [-0.25, -0.2) is 4.79 Å². The third kappa shape index (κ3) is 1.86. The van der Waals surface area contributed by atoms with E-state index in [9.17, 15) is 4.79 Å². The fourth-order valence-electron chi connectivity index (χ4n) is 2.05. The first-order chi connectivity index (χ1) is 9.11. The van der Waals surface area contributed by atoms with Crippen molar-refractivity contribution in [3.05, 3.63) is 33.1 Å². The predicted octanol–water partition coefficient (Wildman–Crippen LogP) is 1.89. The fraction of sp³-hybridized carbons (Fsp3) is 0.308. The van der Waals surface area contributed by atoms with Crippen molar-refractivity contribution in [2.45, 2.75) is 13.0 Å². The number of rotatable bonds is 1. The topological polar surface area (TPSA) is 68.9 Å². The first-order valence-electron chi connectivity index (χ1n) is 5.78. The molecule has 1 N–H and O–H groups in total. The summed E-state index contributed by atoms with van der Waals surface area (Å²) < 4.78 is 16.2. The molecule has 0 aliphatic carbocycles. The van der Waals surface area contributed by atoms with Gasteiger partial charge in [0.1, 0.15) is 11.6 Å². The van der Waals surface area contributed by atoms with Gasteiger partial charge in [-0.2, -0.15) is 0 Å². The Hall–Kier alpha value is -1.72. The molecule has 0 bridgehead atoms. The minimum absolute atomic E-state index is 0.0582. The third-order valence-corrected chi connectivity index (χ3v) is 3.53. The molecule has 0 fully saturated rings. The Morgan fingerprint density at radius 1 is 1.47 bits per heavy atom. The normalized spacial score (nSPS) is 17.7. The van der Waals surface area contributed by atoms with Crippen LogP contribution in [0.15, 0.2) is 21.3 Å². The molecule has 1 aliphatic heterocycles. The van der Waals surface area contributed by atoms with Crippen LogP contribution in [0.3, 0.4) is 0 Å². The van der Waals surface area contributed by atoms with Crippen molar-refractivity contribution >= 4 is 22.6 Å². The summed E-state index contributed by atoms with van der Waals surface area (Å²) in [4.78, 5) is 11.6. The number of aliphatic hydroxyl groups excluding tert-OH is 1. The molecule has 0 amide bonds. The van der Waals surface area contributed by atoms with Crippen molar-refractivity contribution in [2.75, 3.05) is 13.2 Å². The minimum atomic E-state index is -0.616. The van der Waals surface area contributed by atoms with E-state index in [1.165, 1.54) is 0 Å². The molecule has 1 atom stereocenters. The number of fused-ring (bicyclic) bond motifs is 3. The lowest BCUT2D eigenvalue weighted by atomic mass is 10.1. The zero-order chi connectivity index (χ0) is 13.6. The van der Waals surface area contributed by atoms with Crippen molar-refractivity contribution in [1.82, 2.24) is 0 Å². The van der Waals surface area contributed by atoms with E-state index in [-0.39, 0.29) is 18.2 Å². The molecule has 0 saturated carbocycles. The molecule has 1 aromatic heterocycles. The minimum Gasteiger partial charge on any atom is -0.486 e. The van der Waals surface area contributed by atoms with E-state index in [1.54, 1.807) is 19.1 Å². The van der Waals surface area contributed by atoms with Crippen LogP contribution in [0.2, 0.25) is 5.02 Å². The molecule has 1 aliphatic rings. The zero-order valence-electron chi connectivity index (χ0n) is 10.1. The van der Waals surface area contributed by atoms with Gasteiger partial charge in [0.25, 0.3) is 0 Å². The number of halogens is 1. The van der Waals surface area contributed by atoms with Crippen molar-refractivity contribution < 1.29 is 19.0 Å². The second-order valence-corrected chi connectivity index (χ2v) is 4.71. The first-order valence-corrected chi connectivity index (χ1v) is 6.16. The van der Waals surface area contributed by atoms with E-state index in [0.29, 0.717) is 28.0 Å². The molecular formula is C13H11ClO5. The maximum atomic E-state index is 11.6. The molecule has 1 aromatic carbocycles. The van der Waals surface area contributed by atoms with E-state index >= 15 is 0 Å². The van der Waals surface area contributed by atoms with Crippen LogP contribution in [0.25, 0.3) is 11.0 Å². The lowest BCUT2D eigenvalue weighted by Crippen LogP contribution is -2.32. The first kappa shape index (κ1) is 12.3. The van der Waals surface area contributed by atoms with Crippen LogP contribution in [0.5, 0.6) is 11.5 Å². The van der Waals surface area contributed by atoms with Crippen LogP contribution in [-0.2, 0) is 0 Å². The van der Waals surface area contributed by atoms with Crippen molar-refractivity contribution in [1.29, 1.82) is 0 Å². The highest BCUT2D eigenvalue weighted by Gasteiger charge is 2.25. The number of hydrogen-bond donors (Lipinski definition) is 1. The highest BCUT2D eigenvalue weighted by atomic mass is 35.5. The van der Waals surface area contributed by atoms with Gasteiger partial charge in [0.15, 0.2) is 17.4 Å². The largest absolute Gasteiger partial charge is 0.486 e. The molecule has 100 valence electrons. The second-order valence-electron chi connectivity index (χ2n) is 4.33.